The fourth-order valence-electron chi connectivity index (χ4n) is 1.06. The topological polar surface area (TPSA) is 80.8 Å². The second-order valence-corrected chi connectivity index (χ2v) is 4.03. The van der Waals surface area contributed by atoms with Gasteiger partial charge in [-0.1, -0.05) is 0 Å². The van der Waals surface area contributed by atoms with Crippen LogP contribution in [0.2, 0.25) is 0 Å². The molecule has 0 bridgehead atoms. The molecular weight excluding hydrogens is 323 g/mol. The zero-order valence-electron chi connectivity index (χ0n) is 8.27. The molecule has 2 heterocycles. The van der Waals surface area contributed by atoms with Crippen LogP contribution in [0.5, 0.6) is 5.88 Å². The van der Waals surface area contributed by atoms with Crippen molar-refractivity contribution in [2.45, 2.75) is 0 Å². The van der Waals surface area contributed by atoms with Crippen LogP contribution in [-0.4, -0.2) is 27.3 Å². The van der Waals surface area contributed by atoms with Crippen LogP contribution in [0.25, 0.3) is 11.5 Å². The van der Waals surface area contributed by atoms with Crippen LogP contribution in [0.1, 0.15) is 0 Å². The van der Waals surface area contributed by atoms with Crippen molar-refractivity contribution in [1.82, 2.24) is 20.2 Å². The van der Waals surface area contributed by atoms with Crippen molar-refractivity contribution in [3.05, 3.63) is 32.3 Å². The molecule has 2 rings (SSSR count). The van der Waals surface area contributed by atoms with E-state index in [2.05, 4.69) is 20.2 Å². The molecule has 0 aromatic carbocycles. The summed E-state index contributed by atoms with van der Waals surface area (Å²) in [4.78, 5) is 18.0. The van der Waals surface area contributed by atoms with Gasteiger partial charge in [0.25, 0.3) is 5.56 Å². The molecule has 0 spiro atoms. The molecule has 6 nitrogen and oxygen atoms in total. The summed E-state index contributed by atoms with van der Waals surface area (Å²) in [5.41, 5.74) is 0.303. The van der Waals surface area contributed by atoms with E-state index >= 15 is 0 Å². The molecule has 82 valence electrons. The molecule has 0 unspecified atom stereocenters. The number of H-pyrrole nitrogens is 1. The van der Waals surface area contributed by atoms with Crippen molar-refractivity contribution >= 4 is 22.6 Å². The van der Waals surface area contributed by atoms with E-state index in [1.54, 1.807) is 12.1 Å². The Hall–Kier alpha value is -1.51. The molecular formula is C9H7IN4O2. The molecule has 0 saturated carbocycles. The highest BCUT2D eigenvalue weighted by Gasteiger charge is 2.05. The molecule has 2 aromatic rings. The Balaban J connectivity index is 2.42. The monoisotopic (exact) mass is 330 g/mol. The van der Waals surface area contributed by atoms with Crippen LogP contribution >= 0.6 is 22.6 Å². The Morgan fingerprint density at radius 1 is 1.38 bits per heavy atom. The number of nitrogens with zero attached hydrogens (tertiary/aromatic N) is 3. The van der Waals surface area contributed by atoms with Gasteiger partial charge < -0.3 is 9.72 Å². The van der Waals surface area contributed by atoms with Gasteiger partial charge in [0.05, 0.1) is 10.7 Å². The lowest BCUT2D eigenvalue weighted by Gasteiger charge is -2.00. The fourth-order valence-corrected chi connectivity index (χ4v) is 1.34. The third-order valence-electron chi connectivity index (χ3n) is 1.85. The Morgan fingerprint density at radius 3 is 2.75 bits per heavy atom. The summed E-state index contributed by atoms with van der Waals surface area (Å²) in [6.07, 6.45) is 1.49. The Bertz CT molecular complexity index is 552. The van der Waals surface area contributed by atoms with Crippen LogP contribution < -0.4 is 10.3 Å². The van der Waals surface area contributed by atoms with Crippen LogP contribution in [0, 0.1) is 3.57 Å². The van der Waals surface area contributed by atoms with Crippen molar-refractivity contribution in [2.75, 3.05) is 7.11 Å². The lowest BCUT2D eigenvalue weighted by atomic mass is 10.3. The number of aromatic amines is 1. The molecule has 0 atom stereocenters. The fraction of sp³-hybridized carbons (Fsp3) is 0.111. The third kappa shape index (κ3) is 2.18. The zero-order valence-corrected chi connectivity index (χ0v) is 10.4. The van der Waals surface area contributed by atoms with Gasteiger partial charge in [0.2, 0.25) is 5.88 Å². The first-order valence-corrected chi connectivity index (χ1v) is 5.41. The summed E-state index contributed by atoms with van der Waals surface area (Å²) in [6.45, 7) is 0. The van der Waals surface area contributed by atoms with Gasteiger partial charge in [0, 0.05) is 12.3 Å². The van der Waals surface area contributed by atoms with E-state index < -0.39 is 0 Å². The van der Waals surface area contributed by atoms with E-state index in [1.807, 2.05) is 22.6 Å². The molecule has 1 N–H and O–H groups in total. The third-order valence-corrected chi connectivity index (χ3v) is 2.62. The summed E-state index contributed by atoms with van der Waals surface area (Å²) < 4.78 is 5.41. The van der Waals surface area contributed by atoms with Gasteiger partial charge in [-0.2, -0.15) is 0 Å². The highest BCUT2D eigenvalue weighted by molar-refractivity contribution is 14.1. The van der Waals surface area contributed by atoms with Crippen LogP contribution in [-0.2, 0) is 0 Å². The maximum atomic E-state index is 11.4. The molecule has 0 radical (unpaired) electrons. The predicted octanol–water partition coefficient (Wildman–Crippen LogP) is 0.840. The number of ether oxygens (including phenoxy) is 1. The van der Waals surface area contributed by atoms with Crippen LogP contribution in [0.3, 0.4) is 0 Å². The lowest BCUT2D eigenvalue weighted by molar-refractivity contribution is 0.392. The average molecular weight is 330 g/mol. The van der Waals surface area contributed by atoms with Gasteiger partial charge in [-0.25, -0.2) is 4.98 Å². The minimum atomic E-state index is -0.191. The second-order valence-electron chi connectivity index (χ2n) is 2.87. The lowest BCUT2D eigenvalue weighted by Crippen LogP contribution is -2.12. The van der Waals surface area contributed by atoms with Gasteiger partial charge >= 0.3 is 0 Å². The van der Waals surface area contributed by atoms with Crippen LogP contribution in [0.15, 0.2) is 23.1 Å². The van der Waals surface area contributed by atoms with E-state index in [0.29, 0.717) is 21.0 Å². The quantitative estimate of drug-likeness (QED) is 0.826. The minimum Gasteiger partial charge on any atom is -0.480 e. The second kappa shape index (κ2) is 4.56. The number of hydrogen-bond acceptors (Lipinski definition) is 5. The predicted molar refractivity (Wildman–Crippen MR) is 65.2 cm³/mol. The first-order valence-electron chi connectivity index (χ1n) is 4.33. The normalized spacial score (nSPS) is 10.1. The Morgan fingerprint density at radius 2 is 2.19 bits per heavy atom. The Kier molecular flexibility index (Phi) is 3.13. The minimum absolute atomic E-state index is 0.191. The summed E-state index contributed by atoms with van der Waals surface area (Å²) in [6, 6.07) is 3.33. The van der Waals surface area contributed by atoms with E-state index in [-0.39, 0.29) is 5.56 Å². The van der Waals surface area contributed by atoms with Gasteiger partial charge in [-0.15, -0.1) is 10.2 Å². The number of hydrogen-bond donors (Lipinski definition) is 1. The molecule has 0 aliphatic carbocycles. The molecule has 7 heteroatoms. The number of methoxy groups -OCH3 is 1. The van der Waals surface area contributed by atoms with E-state index in [0.717, 1.165) is 0 Å². The molecule has 0 amide bonds. The van der Waals surface area contributed by atoms with Gasteiger partial charge in [0.15, 0.2) is 5.82 Å². The first-order chi connectivity index (χ1) is 7.70. The molecule has 0 saturated heterocycles. The largest absolute Gasteiger partial charge is 0.480 e. The van der Waals surface area contributed by atoms with Crippen molar-refractivity contribution < 1.29 is 4.74 Å². The number of aromatic nitrogens is 4. The van der Waals surface area contributed by atoms with E-state index in [1.165, 1.54) is 13.3 Å². The average Bonchev–Trinajstić information content (AvgIpc) is 2.33. The van der Waals surface area contributed by atoms with Gasteiger partial charge in [0.1, 0.15) is 5.69 Å². The van der Waals surface area contributed by atoms with Crippen molar-refractivity contribution in [1.29, 1.82) is 0 Å². The summed E-state index contributed by atoms with van der Waals surface area (Å²) in [5.74, 6) is 0.803. The highest BCUT2D eigenvalue weighted by Crippen LogP contribution is 2.11. The van der Waals surface area contributed by atoms with Crippen molar-refractivity contribution in [3.8, 4) is 17.4 Å². The van der Waals surface area contributed by atoms with E-state index in [9.17, 15) is 4.79 Å². The number of rotatable bonds is 2. The number of nitrogens with one attached hydrogen (secondary N) is 1. The SMILES string of the molecule is COc1ccc(-c2ncc(I)c(=O)[nH]2)nn1. The van der Waals surface area contributed by atoms with Gasteiger partial charge in [-0.3, -0.25) is 4.79 Å². The smallest absolute Gasteiger partial charge is 0.264 e. The zero-order chi connectivity index (χ0) is 11.5. The molecule has 0 aliphatic rings. The molecule has 0 aliphatic heterocycles. The number of halogens is 1. The summed E-state index contributed by atoms with van der Waals surface area (Å²) >= 11 is 1.91. The maximum absolute atomic E-state index is 11.4. The standard InChI is InChI=1S/C9H7IN4O2/c1-16-7-3-2-6(13-14-7)8-11-4-5(10)9(15)12-8/h2-4H,1H3,(H,11,12,15). The maximum Gasteiger partial charge on any atom is 0.264 e. The molecule has 0 fully saturated rings. The van der Waals surface area contributed by atoms with E-state index in [4.69, 9.17) is 4.74 Å². The van der Waals surface area contributed by atoms with Gasteiger partial charge in [-0.05, 0) is 28.7 Å². The molecule has 2 aromatic heterocycles. The highest BCUT2D eigenvalue weighted by atomic mass is 127. The Labute approximate surface area is 104 Å². The van der Waals surface area contributed by atoms with Crippen LogP contribution in [0.4, 0.5) is 0 Å². The summed E-state index contributed by atoms with van der Waals surface area (Å²) in [5, 5.41) is 7.67. The first kappa shape index (κ1) is 11.0. The van der Waals surface area contributed by atoms with Crippen molar-refractivity contribution in [2.24, 2.45) is 0 Å². The summed E-state index contributed by atoms with van der Waals surface area (Å²) in [7, 11) is 1.51. The van der Waals surface area contributed by atoms with Crippen molar-refractivity contribution in [3.63, 3.8) is 0 Å². The molecule has 16 heavy (non-hydrogen) atoms.